The SMILES string of the molecule is CCCC(=O)Nc1ccc(C(=O)COC(=O)CCC(=O)c2cc(Br)ccc2OC)cc1. The largest absolute Gasteiger partial charge is 0.496 e. The van der Waals surface area contributed by atoms with Crippen molar-refractivity contribution in [3.63, 3.8) is 0 Å². The van der Waals surface area contributed by atoms with Crippen LogP contribution in [0.1, 0.15) is 53.3 Å². The fourth-order valence-electron chi connectivity index (χ4n) is 2.74. The highest BCUT2D eigenvalue weighted by Gasteiger charge is 2.16. The second-order valence-electron chi connectivity index (χ2n) is 6.73. The lowest BCUT2D eigenvalue weighted by Crippen LogP contribution is -2.15. The van der Waals surface area contributed by atoms with Gasteiger partial charge in [-0.3, -0.25) is 19.2 Å². The number of ether oxygens (including phenoxy) is 2. The van der Waals surface area contributed by atoms with E-state index in [1.165, 1.54) is 7.11 Å². The van der Waals surface area contributed by atoms with Crippen molar-refractivity contribution in [3.05, 3.63) is 58.1 Å². The van der Waals surface area contributed by atoms with Gasteiger partial charge in [-0.15, -0.1) is 0 Å². The van der Waals surface area contributed by atoms with Crippen molar-refractivity contribution in [3.8, 4) is 5.75 Å². The van der Waals surface area contributed by atoms with E-state index in [4.69, 9.17) is 9.47 Å². The number of ketones is 2. The van der Waals surface area contributed by atoms with Gasteiger partial charge < -0.3 is 14.8 Å². The topological polar surface area (TPSA) is 98.8 Å². The predicted octanol–water partition coefficient (Wildman–Crippen LogP) is 4.59. The van der Waals surface area contributed by atoms with Gasteiger partial charge in [0.05, 0.1) is 19.1 Å². The molecule has 0 aromatic heterocycles. The summed E-state index contributed by atoms with van der Waals surface area (Å²) in [5.41, 5.74) is 1.32. The summed E-state index contributed by atoms with van der Waals surface area (Å²) >= 11 is 3.30. The molecule has 1 N–H and O–H groups in total. The van der Waals surface area contributed by atoms with Crippen molar-refractivity contribution in [2.24, 2.45) is 0 Å². The van der Waals surface area contributed by atoms with Crippen LogP contribution in [0.3, 0.4) is 0 Å². The lowest BCUT2D eigenvalue weighted by Gasteiger charge is -2.08. The van der Waals surface area contributed by atoms with Gasteiger partial charge >= 0.3 is 5.97 Å². The molecule has 31 heavy (non-hydrogen) atoms. The van der Waals surface area contributed by atoms with E-state index in [9.17, 15) is 19.2 Å². The normalized spacial score (nSPS) is 10.3. The number of rotatable bonds is 11. The Kier molecular flexibility index (Phi) is 9.40. The maximum absolute atomic E-state index is 12.4. The summed E-state index contributed by atoms with van der Waals surface area (Å²) < 4.78 is 10.9. The first-order valence-corrected chi connectivity index (χ1v) is 10.6. The summed E-state index contributed by atoms with van der Waals surface area (Å²) in [4.78, 5) is 48.1. The molecule has 0 spiro atoms. The molecule has 0 bridgehead atoms. The summed E-state index contributed by atoms with van der Waals surface area (Å²) in [7, 11) is 1.46. The standard InChI is InChI=1S/C23H24BrNO6/c1-3-4-22(28)25-17-8-5-15(6-9-17)20(27)14-31-23(29)12-10-19(26)18-13-16(24)7-11-21(18)30-2/h5-9,11,13H,3-4,10,12,14H2,1-2H3,(H,25,28). The van der Waals surface area contributed by atoms with Gasteiger partial charge in [0, 0.05) is 28.6 Å². The average Bonchev–Trinajstić information content (AvgIpc) is 2.76. The molecule has 164 valence electrons. The molecule has 0 aliphatic carbocycles. The van der Waals surface area contributed by atoms with E-state index in [1.54, 1.807) is 42.5 Å². The van der Waals surface area contributed by atoms with Crippen LogP contribution >= 0.6 is 15.9 Å². The third kappa shape index (κ3) is 7.64. The van der Waals surface area contributed by atoms with E-state index in [-0.39, 0.29) is 30.3 Å². The molecule has 0 heterocycles. The third-order valence-corrected chi connectivity index (χ3v) is 4.84. The van der Waals surface area contributed by atoms with Crippen molar-refractivity contribution < 1.29 is 28.7 Å². The number of hydrogen-bond donors (Lipinski definition) is 1. The number of amides is 1. The molecule has 2 rings (SSSR count). The fourth-order valence-corrected chi connectivity index (χ4v) is 3.10. The minimum atomic E-state index is -0.640. The van der Waals surface area contributed by atoms with Gasteiger partial charge in [-0.1, -0.05) is 22.9 Å². The zero-order valence-corrected chi connectivity index (χ0v) is 19.0. The van der Waals surface area contributed by atoms with Crippen LogP contribution in [0.5, 0.6) is 5.75 Å². The van der Waals surface area contributed by atoms with E-state index in [2.05, 4.69) is 21.2 Å². The molecule has 7 nitrogen and oxygen atoms in total. The maximum Gasteiger partial charge on any atom is 0.306 e. The Bertz CT molecular complexity index is 955. The first-order chi connectivity index (χ1) is 14.8. The van der Waals surface area contributed by atoms with Gasteiger partial charge in [0.2, 0.25) is 5.91 Å². The summed E-state index contributed by atoms with van der Waals surface area (Å²) in [6.07, 6.45) is 0.958. The summed E-state index contributed by atoms with van der Waals surface area (Å²) in [6, 6.07) is 11.4. The van der Waals surface area contributed by atoms with E-state index in [1.807, 2.05) is 6.92 Å². The number of esters is 1. The quantitative estimate of drug-likeness (QED) is 0.366. The highest BCUT2D eigenvalue weighted by molar-refractivity contribution is 9.10. The number of anilines is 1. The number of carbonyl (C=O) groups excluding carboxylic acids is 4. The number of carbonyl (C=O) groups is 4. The second kappa shape index (κ2) is 12.0. The molecule has 0 saturated carbocycles. The minimum Gasteiger partial charge on any atom is -0.496 e. The van der Waals surface area contributed by atoms with Gasteiger partial charge in [-0.2, -0.15) is 0 Å². The van der Waals surface area contributed by atoms with Gasteiger partial charge in [0.1, 0.15) is 5.75 Å². The van der Waals surface area contributed by atoms with Gasteiger partial charge in [-0.05, 0) is 48.9 Å². The molecule has 2 aromatic carbocycles. The van der Waals surface area contributed by atoms with E-state index >= 15 is 0 Å². The fraction of sp³-hybridized carbons (Fsp3) is 0.304. The first-order valence-electron chi connectivity index (χ1n) is 9.79. The molecular formula is C23H24BrNO6. The van der Waals surface area contributed by atoms with Gasteiger partial charge in [0.15, 0.2) is 18.2 Å². The van der Waals surface area contributed by atoms with Crippen LogP contribution < -0.4 is 10.1 Å². The highest BCUT2D eigenvalue weighted by atomic mass is 79.9. The average molecular weight is 490 g/mol. The van der Waals surface area contributed by atoms with Crippen molar-refractivity contribution in [2.45, 2.75) is 32.6 Å². The highest BCUT2D eigenvalue weighted by Crippen LogP contribution is 2.24. The Labute approximate surface area is 189 Å². The van der Waals surface area contributed by atoms with Crippen LogP contribution in [0.2, 0.25) is 0 Å². The Morgan fingerprint density at radius 1 is 0.935 bits per heavy atom. The second-order valence-corrected chi connectivity index (χ2v) is 7.64. The predicted molar refractivity (Wildman–Crippen MR) is 120 cm³/mol. The number of nitrogens with one attached hydrogen (secondary N) is 1. The smallest absolute Gasteiger partial charge is 0.306 e. The molecule has 0 radical (unpaired) electrons. The van der Waals surface area contributed by atoms with Crippen LogP contribution in [0.4, 0.5) is 5.69 Å². The number of methoxy groups -OCH3 is 1. The van der Waals surface area contributed by atoms with Gasteiger partial charge in [0.25, 0.3) is 0 Å². The molecule has 2 aromatic rings. The van der Waals surface area contributed by atoms with Crippen molar-refractivity contribution >= 4 is 45.1 Å². The number of halogens is 1. The monoisotopic (exact) mass is 489 g/mol. The minimum absolute atomic E-state index is 0.0635. The van der Waals surface area contributed by atoms with E-state index in [0.717, 1.165) is 10.9 Å². The molecule has 0 aliphatic rings. The Morgan fingerprint density at radius 3 is 2.29 bits per heavy atom. The Balaban J connectivity index is 1.82. The summed E-state index contributed by atoms with van der Waals surface area (Å²) in [5.74, 6) is -0.947. The lowest BCUT2D eigenvalue weighted by atomic mass is 10.1. The number of Topliss-reactive ketones (excluding diaryl/α,β-unsaturated/α-hetero) is 2. The number of hydrogen-bond acceptors (Lipinski definition) is 6. The van der Waals surface area contributed by atoms with Crippen molar-refractivity contribution in [2.75, 3.05) is 19.0 Å². The molecule has 0 fully saturated rings. The first kappa shape index (κ1) is 24.3. The molecule has 0 unspecified atom stereocenters. The lowest BCUT2D eigenvalue weighted by molar-refractivity contribution is -0.142. The molecular weight excluding hydrogens is 466 g/mol. The van der Waals surface area contributed by atoms with E-state index < -0.39 is 12.6 Å². The number of benzene rings is 2. The third-order valence-electron chi connectivity index (χ3n) is 4.35. The zero-order chi connectivity index (χ0) is 22.8. The van der Waals surface area contributed by atoms with Crippen molar-refractivity contribution in [1.82, 2.24) is 0 Å². The van der Waals surface area contributed by atoms with Crippen LogP contribution in [-0.4, -0.2) is 37.2 Å². The molecule has 0 atom stereocenters. The Hall–Kier alpha value is -3.00. The molecule has 1 amide bonds. The van der Waals surface area contributed by atoms with Crippen molar-refractivity contribution in [1.29, 1.82) is 0 Å². The van der Waals surface area contributed by atoms with Gasteiger partial charge in [-0.25, -0.2) is 0 Å². The Morgan fingerprint density at radius 2 is 1.65 bits per heavy atom. The van der Waals surface area contributed by atoms with E-state index in [0.29, 0.717) is 29.0 Å². The summed E-state index contributed by atoms with van der Waals surface area (Å²) in [5, 5.41) is 2.73. The van der Waals surface area contributed by atoms with Crippen LogP contribution in [0.25, 0.3) is 0 Å². The van der Waals surface area contributed by atoms with Crippen LogP contribution in [0, 0.1) is 0 Å². The maximum atomic E-state index is 12.4. The molecule has 0 saturated heterocycles. The van der Waals surface area contributed by atoms with Crippen LogP contribution in [0.15, 0.2) is 46.9 Å². The zero-order valence-electron chi connectivity index (χ0n) is 17.4. The molecule has 0 aliphatic heterocycles. The van der Waals surface area contributed by atoms with Crippen LogP contribution in [-0.2, 0) is 14.3 Å². The summed E-state index contributed by atoms with van der Waals surface area (Å²) in [6.45, 7) is 1.49. The molecule has 8 heteroatoms.